The lowest BCUT2D eigenvalue weighted by molar-refractivity contribution is -0.148. The standard InChI is InChI=1S/C11H17N3O2/c1-3-9-7-14-6-8(10(15)16-4-2)5-12-11(14)13-9/h7-8H,3-6H2,1-2H3,(H,12,13). The molecule has 88 valence electrons. The van der Waals surface area contributed by atoms with E-state index >= 15 is 0 Å². The summed E-state index contributed by atoms with van der Waals surface area (Å²) in [5.74, 6) is 0.621. The van der Waals surface area contributed by atoms with Gasteiger partial charge in [0.05, 0.1) is 18.2 Å². The van der Waals surface area contributed by atoms with E-state index in [1.165, 1.54) is 0 Å². The Kier molecular flexibility index (Phi) is 3.12. The average Bonchev–Trinajstić information content (AvgIpc) is 2.70. The zero-order valence-electron chi connectivity index (χ0n) is 9.69. The van der Waals surface area contributed by atoms with Crippen molar-refractivity contribution in [2.45, 2.75) is 26.8 Å². The number of aryl methyl sites for hydroxylation is 1. The second-order valence-corrected chi connectivity index (χ2v) is 3.89. The maximum absolute atomic E-state index is 11.6. The third-order valence-electron chi connectivity index (χ3n) is 2.73. The molecule has 0 bridgehead atoms. The number of hydrogen-bond acceptors (Lipinski definition) is 4. The van der Waals surface area contributed by atoms with E-state index in [-0.39, 0.29) is 11.9 Å². The summed E-state index contributed by atoms with van der Waals surface area (Å²) in [4.78, 5) is 16.0. The molecule has 0 saturated heterocycles. The highest BCUT2D eigenvalue weighted by Crippen LogP contribution is 2.18. The monoisotopic (exact) mass is 223 g/mol. The molecule has 0 amide bonds. The van der Waals surface area contributed by atoms with Gasteiger partial charge >= 0.3 is 5.97 Å². The molecule has 0 radical (unpaired) electrons. The highest BCUT2D eigenvalue weighted by Gasteiger charge is 2.26. The Balaban J connectivity index is 2.08. The maximum Gasteiger partial charge on any atom is 0.312 e. The van der Waals surface area contributed by atoms with Crippen molar-refractivity contribution >= 4 is 11.9 Å². The van der Waals surface area contributed by atoms with E-state index in [1.807, 2.05) is 17.7 Å². The van der Waals surface area contributed by atoms with Gasteiger partial charge in [0, 0.05) is 19.3 Å². The van der Waals surface area contributed by atoms with Crippen molar-refractivity contribution in [1.82, 2.24) is 9.55 Å². The number of esters is 1. The van der Waals surface area contributed by atoms with Crippen molar-refractivity contribution < 1.29 is 9.53 Å². The predicted molar refractivity (Wildman–Crippen MR) is 60.2 cm³/mol. The first-order chi connectivity index (χ1) is 7.74. The van der Waals surface area contributed by atoms with Crippen LogP contribution in [0.5, 0.6) is 0 Å². The quantitative estimate of drug-likeness (QED) is 0.778. The van der Waals surface area contributed by atoms with Gasteiger partial charge in [-0.1, -0.05) is 6.92 Å². The van der Waals surface area contributed by atoms with Gasteiger partial charge in [-0.2, -0.15) is 0 Å². The fraction of sp³-hybridized carbons (Fsp3) is 0.636. The second-order valence-electron chi connectivity index (χ2n) is 3.89. The smallest absolute Gasteiger partial charge is 0.312 e. The largest absolute Gasteiger partial charge is 0.466 e. The lowest BCUT2D eigenvalue weighted by Crippen LogP contribution is -2.34. The van der Waals surface area contributed by atoms with E-state index in [2.05, 4.69) is 17.2 Å². The molecule has 2 rings (SSSR count). The number of aromatic nitrogens is 2. The van der Waals surface area contributed by atoms with Crippen molar-refractivity contribution in [3.8, 4) is 0 Å². The van der Waals surface area contributed by atoms with Gasteiger partial charge in [-0.15, -0.1) is 0 Å². The fourth-order valence-corrected chi connectivity index (χ4v) is 1.86. The Bertz CT molecular complexity index is 387. The van der Waals surface area contributed by atoms with Gasteiger partial charge in [0.25, 0.3) is 0 Å². The summed E-state index contributed by atoms with van der Waals surface area (Å²) in [6.07, 6.45) is 2.90. The van der Waals surface area contributed by atoms with E-state index in [9.17, 15) is 4.79 Å². The lowest BCUT2D eigenvalue weighted by atomic mass is 10.1. The van der Waals surface area contributed by atoms with Gasteiger partial charge < -0.3 is 14.6 Å². The number of carbonyl (C=O) groups is 1. The van der Waals surface area contributed by atoms with Crippen molar-refractivity contribution in [2.75, 3.05) is 18.5 Å². The summed E-state index contributed by atoms with van der Waals surface area (Å²) in [5.41, 5.74) is 1.05. The Labute approximate surface area is 94.8 Å². The summed E-state index contributed by atoms with van der Waals surface area (Å²) in [7, 11) is 0. The summed E-state index contributed by atoms with van der Waals surface area (Å²) < 4.78 is 7.01. The summed E-state index contributed by atoms with van der Waals surface area (Å²) in [6.45, 7) is 5.60. The van der Waals surface area contributed by atoms with Crippen LogP contribution in [0.25, 0.3) is 0 Å². The molecule has 0 aliphatic carbocycles. The minimum Gasteiger partial charge on any atom is -0.466 e. The van der Waals surface area contributed by atoms with Crippen LogP contribution in [0.15, 0.2) is 6.20 Å². The number of ether oxygens (including phenoxy) is 1. The van der Waals surface area contributed by atoms with Crippen LogP contribution in [-0.2, 0) is 22.5 Å². The molecule has 1 aliphatic heterocycles. The number of nitrogens with zero attached hydrogens (tertiary/aromatic N) is 2. The van der Waals surface area contributed by atoms with Crippen LogP contribution in [0, 0.1) is 5.92 Å². The first-order valence-corrected chi connectivity index (χ1v) is 5.71. The third kappa shape index (κ3) is 2.03. The number of nitrogens with one attached hydrogen (secondary N) is 1. The van der Waals surface area contributed by atoms with E-state index in [0.29, 0.717) is 19.7 Å². The molecule has 1 atom stereocenters. The molecule has 0 saturated carbocycles. The maximum atomic E-state index is 11.6. The number of imidazole rings is 1. The molecule has 5 nitrogen and oxygen atoms in total. The van der Waals surface area contributed by atoms with Crippen LogP contribution in [0.1, 0.15) is 19.5 Å². The summed E-state index contributed by atoms with van der Waals surface area (Å²) in [5, 5.41) is 3.16. The highest BCUT2D eigenvalue weighted by molar-refractivity contribution is 5.73. The molecule has 5 heteroatoms. The molecule has 1 aromatic heterocycles. The Morgan fingerprint density at radius 3 is 3.19 bits per heavy atom. The highest BCUT2D eigenvalue weighted by atomic mass is 16.5. The van der Waals surface area contributed by atoms with Gasteiger partial charge in [-0.05, 0) is 13.3 Å². The Morgan fingerprint density at radius 1 is 1.69 bits per heavy atom. The normalized spacial score (nSPS) is 18.8. The third-order valence-corrected chi connectivity index (χ3v) is 2.73. The SMILES string of the molecule is CCOC(=O)C1CNc2nc(CC)cn2C1. The Hall–Kier alpha value is -1.52. The minimum atomic E-state index is -0.132. The first kappa shape index (κ1) is 11.0. The van der Waals surface area contributed by atoms with Crippen LogP contribution >= 0.6 is 0 Å². The van der Waals surface area contributed by atoms with Gasteiger partial charge in [-0.3, -0.25) is 4.79 Å². The average molecular weight is 223 g/mol. The molecule has 1 aliphatic rings. The number of fused-ring (bicyclic) bond motifs is 1. The first-order valence-electron chi connectivity index (χ1n) is 5.71. The fourth-order valence-electron chi connectivity index (χ4n) is 1.86. The molecule has 2 heterocycles. The molecular formula is C11H17N3O2. The number of hydrogen-bond donors (Lipinski definition) is 1. The van der Waals surface area contributed by atoms with Crippen molar-refractivity contribution in [3.05, 3.63) is 11.9 Å². The summed E-state index contributed by atoms with van der Waals surface area (Å²) in [6, 6.07) is 0. The van der Waals surface area contributed by atoms with E-state index < -0.39 is 0 Å². The minimum absolute atomic E-state index is 0.105. The molecule has 1 aromatic rings. The second kappa shape index (κ2) is 4.55. The number of anilines is 1. The van der Waals surface area contributed by atoms with Crippen LogP contribution in [0.2, 0.25) is 0 Å². The van der Waals surface area contributed by atoms with Gasteiger partial charge in [0.15, 0.2) is 0 Å². The summed E-state index contributed by atoms with van der Waals surface area (Å²) >= 11 is 0. The molecule has 0 aromatic carbocycles. The van der Waals surface area contributed by atoms with Crippen LogP contribution in [-0.4, -0.2) is 28.7 Å². The zero-order chi connectivity index (χ0) is 11.5. The van der Waals surface area contributed by atoms with E-state index in [4.69, 9.17) is 4.74 Å². The zero-order valence-corrected chi connectivity index (χ0v) is 9.69. The molecule has 1 N–H and O–H groups in total. The Morgan fingerprint density at radius 2 is 2.50 bits per heavy atom. The topological polar surface area (TPSA) is 56.1 Å². The van der Waals surface area contributed by atoms with Crippen molar-refractivity contribution in [2.24, 2.45) is 5.92 Å². The van der Waals surface area contributed by atoms with Crippen LogP contribution in [0.4, 0.5) is 5.95 Å². The van der Waals surface area contributed by atoms with Gasteiger partial charge in [0.1, 0.15) is 0 Å². The predicted octanol–water partition coefficient (Wildman–Crippen LogP) is 1.05. The lowest BCUT2D eigenvalue weighted by Gasteiger charge is -2.23. The van der Waals surface area contributed by atoms with E-state index in [1.54, 1.807) is 0 Å². The number of rotatable bonds is 3. The van der Waals surface area contributed by atoms with E-state index in [0.717, 1.165) is 18.1 Å². The van der Waals surface area contributed by atoms with Crippen LogP contribution < -0.4 is 5.32 Å². The molecular weight excluding hydrogens is 206 g/mol. The molecule has 1 unspecified atom stereocenters. The molecule has 16 heavy (non-hydrogen) atoms. The molecule has 0 spiro atoms. The van der Waals surface area contributed by atoms with Gasteiger partial charge in [-0.25, -0.2) is 4.98 Å². The van der Waals surface area contributed by atoms with Crippen molar-refractivity contribution in [3.63, 3.8) is 0 Å². The van der Waals surface area contributed by atoms with Gasteiger partial charge in [0.2, 0.25) is 5.95 Å². The molecule has 0 fully saturated rings. The van der Waals surface area contributed by atoms with Crippen LogP contribution in [0.3, 0.4) is 0 Å². The van der Waals surface area contributed by atoms with Crippen molar-refractivity contribution in [1.29, 1.82) is 0 Å². The number of carbonyl (C=O) groups excluding carboxylic acids is 1.